The molecule has 0 saturated heterocycles. The molecule has 0 N–H and O–H groups in total. The molecule has 0 atom stereocenters. The van der Waals surface area contributed by atoms with Crippen molar-refractivity contribution >= 4 is 28.7 Å². The first-order chi connectivity index (χ1) is 13.2. The van der Waals surface area contributed by atoms with E-state index in [1.54, 1.807) is 14.2 Å². The number of rotatable bonds is 13. The molecule has 2 amide bonds. The van der Waals surface area contributed by atoms with Crippen LogP contribution in [-0.4, -0.2) is 68.7 Å². The summed E-state index contributed by atoms with van der Waals surface area (Å²) in [6.07, 6.45) is 4.09. The fourth-order valence-corrected chi connectivity index (χ4v) is 3.90. The molecule has 0 bridgehead atoms. The monoisotopic (exact) mass is 394 g/mol. The van der Waals surface area contributed by atoms with Crippen molar-refractivity contribution in [3.05, 3.63) is 28.1 Å². The highest BCUT2D eigenvalue weighted by atomic mass is 32.1. The lowest BCUT2D eigenvalue weighted by Crippen LogP contribution is -2.38. The van der Waals surface area contributed by atoms with Crippen molar-refractivity contribution in [1.29, 1.82) is 0 Å². The SMILES string of the molecule is CCCCCCN1C(=O)C(c2cccs2)=C(N(CCOC)CCOC)C1=O. The fourth-order valence-electron chi connectivity index (χ4n) is 3.14. The fraction of sp³-hybridized carbons (Fsp3) is 0.600. The molecule has 0 saturated carbocycles. The lowest BCUT2D eigenvalue weighted by atomic mass is 10.1. The van der Waals surface area contributed by atoms with Crippen molar-refractivity contribution in [2.75, 3.05) is 47.1 Å². The largest absolute Gasteiger partial charge is 0.383 e. The zero-order chi connectivity index (χ0) is 19.6. The Bertz CT molecular complexity index is 634. The van der Waals surface area contributed by atoms with Crippen LogP contribution in [0.15, 0.2) is 23.2 Å². The molecule has 0 fully saturated rings. The molecule has 1 aromatic heterocycles. The predicted octanol–water partition coefficient (Wildman–Crippen LogP) is 3.00. The van der Waals surface area contributed by atoms with Crippen molar-refractivity contribution in [1.82, 2.24) is 9.80 Å². The van der Waals surface area contributed by atoms with E-state index >= 15 is 0 Å². The predicted molar refractivity (Wildman–Crippen MR) is 107 cm³/mol. The number of carbonyl (C=O) groups is 2. The first-order valence-electron chi connectivity index (χ1n) is 9.52. The van der Waals surface area contributed by atoms with Crippen LogP contribution in [0.2, 0.25) is 0 Å². The molecule has 6 nitrogen and oxygen atoms in total. The number of hydrogen-bond acceptors (Lipinski definition) is 6. The summed E-state index contributed by atoms with van der Waals surface area (Å²) in [5.41, 5.74) is 0.990. The van der Waals surface area contributed by atoms with Crippen molar-refractivity contribution in [3.8, 4) is 0 Å². The van der Waals surface area contributed by atoms with E-state index in [0.29, 0.717) is 44.1 Å². The highest BCUT2D eigenvalue weighted by Gasteiger charge is 2.41. The van der Waals surface area contributed by atoms with Crippen molar-refractivity contribution < 1.29 is 19.1 Å². The Morgan fingerprint density at radius 2 is 1.74 bits per heavy atom. The van der Waals surface area contributed by atoms with E-state index in [1.165, 1.54) is 16.2 Å². The first-order valence-corrected chi connectivity index (χ1v) is 10.4. The smallest absolute Gasteiger partial charge is 0.277 e. The average Bonchev–Trinajstić information content (AvgIpc) is 3.27. The van der Waals surface area contributed by atoms with Crippen molar-refractivity contribution in [2.45, 2.75) is 32.6 Å². The number of ether oxygens (including phenoxy) is 2. The number of hydrogen-bond donors (Lipinski definition) is 0. The van der Waals surface area contributed by atoms with Crippen LogP contribution in [0.5, 0.6) is 0 Å². The first kappa shape index (κ1) is 21.6. The van der Waals surface area contributed by atoms with E-state index in [1.807, 2.05) is 22.4 Å². The maximum atomic E-state index is 13.2. The highest BCUT2D eigenvalue weighted by molar-refractivity contribution is 7.11. The highest BCUT2D eigenvalue weighted by Crippen LogP contribution is 2.34. The van der Waals surface area contributed by atoms with Gasteiger partial charge in [0.15, 0.2) is 0 Å². The summed E-state index contributed by atoms with van der Waals surface area (Å²) in [5, 5.41) is 1.93. The van der Waals surface area contributed by atoms with Crippen LogP contribution in [-0.2, 0) is 19.1 Å². The van der Waals surface area contributed by atoms with Gasteiger partial charge in [-0.25, -0.2) is 0 Å². The zero-order valence-electron chi connectivity index (χ0n) is 16.5. The second-order valence-corrected chi connectivity index (χ2v) is 7.44. The summed E-state index contributed by atoms with van der Waals surface area (Å²) in [6, 6.07) is 3.80. The van der Waals surface area contributed by atoms with Gasteiger partial charge in [-0.1, -0.05) is 32.3 Å². The van der Waals surface area contributed by atoms with Gasteiger partial charge in [0.2, 0.25) is 0 Å². The van der Waals surface area contributed by atoms with E-state index in [2.05, 4.69) is 6.92 Å². The summed E-state index contributed by atoms with van der Waals surface area (Å²) in [4.78, 5) is 30.5. The van der Waals surface area contributed by atoms with Crippen LogP contribution < -0.4 is 0 Å². The van der Waals surface area contributed by atoms with Crippen LogP contribution in [0.3, 0.4) is 0 Å². The lowest BCUT2D eigenvalue weighted by Gasteiger charge is -2.25. The standard InChI is InChI=1S/C20H30N2O4S/c1-4-5-6-7-10-22-19(23)17(16-9-8-15-27-16)18(20(22)24)21(11-13-25-2)12-14-26-3/h8-9,15H,4-7,10-14H2,1-3H3. The van der Waals surface area contributed by atoms with Crippen LogP contribution in [0, 0.1) is 0 Å². The Balaban J connectivity index is 2.31. The maximum Gasteiger partial charge on any atom is 0.277 e. The Morgan fingerprint density at radius 3 is 2.30 bits per heavy atom. The summed E-state index contributed by atoms with van der Waals surface area (Å²) in [5.74, 6) is -0.388. The number of methoxy groups -OCH3 is 2. The normalized spacial score (nSPS) is 14.6. The zero-order valence-corrected chi connectivity index (χ0v) is 17.3. The van der Waals surface area contributed by atoms with E-state index in [0.717, 1.165) is 30.6 Å². The third-order valence-electron chi connectivity index (χ3n) is 4.59. The molecule has 0 spiro atoms. The third-order valence-corrected chi connectivity index (χ3v) is 5.48. The van der Waals surface area contributed by atoms with Crippen LogP contribution in [0.1, 0.15) is 37.5 Å². The van der Waals surface area contributed by atoms with Gasteiger partial charge < -0.3 is 14.4 Å². The Labute approximate surface area is 165 Å². The van der Waals surface area contributed by atoms with Gasteiger partial charge in [0, 0.05) is 38.7 Å². The lowest BCUT2D eigenvalue weighted by molar-refractivity contribution is -0.137. The van der Waals surface area contributed by atoms with Gasteiger partial charge >= 0.3 is 0 Å². The van der Waals surface area contributed by atoms with Gasteiger partial charge in [-0.3, -0.25) is 14.5 Å². The molecule has 7 heteroatoms. The number of amides is 2. The molecular formula is C20H30N2O4S. The molecule has 1 aliphatic rings. The second-order valence-electron chi connectivity index (χ2n) is 6.50. The number of thiophene rings is 1. The Hall–Kier alpha value is -1.70. The molecule has 0 aliphatic carbocycles. The van der Waals surface area contributed by atoms with Gasteiger partial charge in [-0.15, -0.1) is 11.3 Å². The van der Waals surface area contributed by atoms with E-state index in [-0.39, 0.29) is 11.8 Å². The van der Waals surface area contributed by atoms with E-state index in [9.17, 15) is 9.59 Å². The molecule has 2 rings (SSSR count). The van der Waals surface area contributed by atoms with Crippen molar-refractivity contribution in [3.63, 3.8) is 0 Å². The van der Waals surface area contributed by atoms with Crippen LogP contribution in [0.4, 0.5) is 0 Å². The molecule has 2 heterocycles. The molecular weight excluding hydrogens is 364 g/mol. The van der Waals surface area contributed by atoms with Gasteiger partial charge in [0.05, 0.1) is 18.8 Å². The molecule has 0 unspecified atom stereocenters. The number of nitrogens with zero attached hydrogens (tertiary/aromatic N) is 2. The summed E-state index contributed by atoms with van der Waals surface area (Å²) in [7, 11) is 3.26. The number of unbranched alkanes of at least 4 members (excludes halogenated alkanes) is 3. The summed E-state index contributed by atoms with van der Waals surface area (Å²) in [6.45, 7) is 4.63. The van der Waals surface area contributed by atoms with Gasteiger partial charge in [-0.2, -0.15) is 0 Å². The van der Waals surface area contributed by atoms with Crippen LogP contribution in [0.25, 0.3) is 5.57 Å². The van der Waals surface area contributed by atoms with Gasteiger partial charge in [0.1, 0.15) is 5.70 Å². The average molecular weight is 395 g/mol. The van der Waals surface area contributed by atoms with Gasteiger partial charge in [0.25, 0.3) is 11.8 Å². The third kappa shape index (κ3) is 5.40. The molecule has 150 valence electrons. The van der Waals surface area contributed by atoms with Crippen LogP contribution >= 0.6 is 11.3 Å². The van der Waals surface area contributed by atoms with E-state index in [4.69, 9.17) is 9.47 Å². The minimum absolute atomic E-state index is 0.186. The Kier molecular flexibility index (Phi) is 8.97. The van der Waals surface area contributed by atoms with Crippen molar-refractivity contribution in [2.24, 2.45) is 0 Å². The maximum absolute atomic E-state index is 13.2. The minimum Gasteiger partial charge on any atom is -0.383 e. The summed E-state index contributed by atoms with van der Waals surface area (Å²) >= 11 is 1.48. The van der Waals surface area contributed by atoms with E-state index < -0.39 is 0 Å². The number of carbonyl (C=O) groups excluding carboxylic acids is 2. The minimum atomic E-state index is -0.202. The van der Waals surface area contributed by atoms with Gasteiger partial charge in [-0.05, 0) is 17.9 Å². The Morgan fingerprint density at radius 1 is 1.04 bits per heavy atom. The molecule has 27 heavy (non-hydrogen) atoms. The summed E-state index contributed by atoms with van der Waals surface area (Å²) < 4.78 is 10.4. The molecule has 1 aromatic rings. The molecule has 1 aliphatic heterocycles. The molecule has 0 radical (unpaired) electrons. The quantitative estimate of drug-likeness (QED) is 0.380. The topological polar surface area (TPSA) is 59.1 Å². The number of imide groups is 1. The molecule has 0 aromatic carbocycles. The second kappa shape index (κ2) is 11.2.